The number of aliphatic hydroxyl groups is 2. The lowest BCUT2D eigenvalue weighted by atomic mass is 10.0. The Hall–Kier alpha value is -3.71. The van der Waals surface area contributed by atoms with Crippen LogP contribution in [0, 0.1) is 0 Å². The van der Waals surface area contributed by atoms with Gasteiger partial charge in [-0.25, -0.2) is 0 Å². The van der Waals surface area contributed by atoms with Crippen molar-refractivity contribution in [3.63, 3.8) is 0 Å². The first-order chi connectivity index (χ1) is 28.2. The van der Waals surface area contributed by atoms with Crippen molar-refractivity contribution in [2.24, 2.45) is 5.73 Å². The van der Waals surface area contributed by atoms with Crippen molar-refractivity contribution in [3.8, 4) is 5.75 Å². The molecule has 0 saturated carbocycles. The van der Waals surface area contributed by atoms with E-state index in [2.05, 4.69) is 10.6 Å². The normalized spacial score (nSPS) is 16.4. The third-order valence-electron chi connectivity index (χ3n) is 8.24. The minimum Gasteiger partial charge on any atom is -0.483 e. The van der Waals surface area contributed by atoms with Gasteiger partial charge < -0.3 is 68.6 Å². The number of ether oxygens (including phenoxy) is 10. The van der Waals surface area contributed by atoms with E-state index in [4.69, 9.17) is 53.1 Å². The van der Waals surface area contributed by atoms with Crippen LogP contribution in [0.2, 0.25) is 0 Å². The van der Waals surface area contributed by atoms with Gasteiger partial charge in [0.05, 0.1) is 130 Å². The molecule has 0 radical (unpaired) electrons. The van der Waals surface area contributed by atoms with Crippen LogP contribution in [0.1, 0.15) is 33.6 Å². The number of piperidine rings is 1. The van der Waals surface area contributed by atoms with E-state index in [-0.39, 0.29) is 75.9 Å². The molecule has 1 fully saturated rings. The van der Waals surface area contributed by atoms with Gasteiger partial charge in [-0.05, 0) is 18.6 Å². The number of nitrogens with zero attached hydrogens (tertiary/aromatic N) is 1. The smallest absolute Gasteiger partial charge is 0.266 e. The van der Waals surface area contributed by atoms with Gasteiger partial charge in [-0.1, -0.05) is 6.07 Å². The summed E-state index contributed by atoms with van der Waals surface area (Å²) in [6.45, 7) is 5.78. The van der Waals surface area contributed by atoms with Crippen LogP contribution < -0.4 is 21.1 Å². The summed E-state index contributed by atoms with van der Waals surface area (Å²) in [5.74, 6) is -3.03. The zero-order valence-corrected chi connectivity index (χ0v) is 32.8. The van der Waals surface area contributed by atoms with Gasteiger partial charge >= 0.3 is 0 Å². The van der Waals surface area contributed by atoms with Crippen LogP contribution in [0.15, 0.2) is 18.2 Å². The van der Waals surface area contributed by atoms with Crippen LogP contribution in [0.5, 0.6) is 5.75 Å². The number of carbonyl (C=O) groups excluding carboxylic acids is 5. The molecule has 21 nitrogen and oxygen atoms in total. The molecule has 1 saturated heterocycles. The second-order valence-corrected chi connectivity index (χ2v) is 12.6. The van der Waals surface area contributed by atoms with Crippen LogP contribution in [0.4, 0.5) is 0 Å². The lowest BCUT2D eigenvalue weighted by molar-refractivity contribution is -0.136. The zero-order valence-electron chi connectivity index (χ0n) is 32.8. The maximum atomic E-state index is 13.1. The Morgan fingerprint density at radius 1 is 0.707 bits per heavy atom. The van der Waals surface area contributed by atoms with Crippen molar-refractivity contribution in [1.29, 1.82) is 0 Å². The number of nitrogens with one attached hydrogen (secondary N) is 2. The number of benzene rings is 1. The molecular formula is C37H58N4O17. The number of hydrogen-bond donors (Lipinski definition) is 5. The highest BCUT2D eigenvalue weighted by Crippen LogP contribution is 2.33. The van der Waals surface area contributed by atoms with Crippen molar-refractivity contribution >= 4 is 29.5 Å². The molecular weight excluding hydrogens is 772 g/mol. The van der Waals surface area contributed by atoms with Crippen molar-refractivity contribution in [2.75, 3.05) is 139 Å². The Kier molecular flexibility index (Phi) is 24.7. The zero-order chi connectivity index (χ0) is 41.8. The van der Waals surface area contributed by atoms with E-state index >= 15 is 0 Å². The maximum Gasteiger partial charge on any atom is 0.266 e. The number of imide groups is 2. The van der Waals surface area contributed by atoms with E-state index in [9.17, 15) is 34.2 Å². The molecule has 328 valence electrons. The first kappa shape index (κ1) is 48.7. The standard InChI is InChI=1S/C37H58N4O17/c38-6-8-49-10-12-51-16-18-54-20-22-56-24-29(42)30(43)25-57-23-21-55-19-17-53-15-14-52-13-11-50-9-7-39-33(45)26-58-31-3-1-2-27-34(31)37(48)41(36(27)47)28-4-5-32(44)40-35(28)46/h1-3,28-30,42-43H,4-26,38H2,(H,39,45)(H,40,44,46). The van der Waals surface area contributed by atoms with E-state index in [0.29, 0.717) is 85.8 Å². The molecule has 6 N–H and O–H groups in total. The lowest BCUT2D eigenvalue weighted by Crippen LogP contribution is -2.54. The number of amides is 5. The molecule has 0 bridgehead atoms. The number of carbonyl (C=O) groups is 5. The molecule has 58 heavy (non-hydrogen) atoms. The highest BCUT2D eigenvalue weighted by molar-refractivity contribution is 6.24. The summed E-state index contributed by atoms with van der Waals surface area (Å²) < 4.78 is 53.8. The molecule has 0 spiro atoms. The Morgan fingerprint density at radius 2 is 1.19 bits per heavy atom. The fourth-order valence-electron chi connectivity index (χ4n) is 5.31. The molecule has 21 heteroatoms. The molecule has 0 aliphatic carbocycles. The van der Waals surface area contributed by atoms with Crippen molar-refractivity contribution in [2.45, 2.75) is 31.1 Å². The fraction of sp³-hybridized carbons (Fsp3) is 0.703. The number of rotatable bonds is 35. The van der Waals surface area contributed by atoms with Crippen molar-refractivity contribution in [3.05, 3.63) is 29.3 Å². The van der Waals surface area contributed by atoms with E-state index in [1.54, 1.807) is 0 Å². The maximum absolute atomic E-state index is 13.1. The third-order valence-corrected chi connectivity index (χ3v) is 8.24. The van der Waals surface area contributed by atoms with E-state index < -0.39 is 54.4 Å². The first-order valence-electron chi connectivity index (χ1n) is 19.2. The van der Waals surface area contributed by atoms with Crippen LogP contribution in [0.3, 0.4) is 0 Å². The number of hydrogen-bond acceptors (Lipinski definition) is 18. The SMILES string of the molecule is NCCOCCOCCOCCOCC(O)C(O)COCCOCCOCCOCCOCCNC(=O)COc1cccc2c1C(=O)N(C1CCC(=O)NC1=O)C2=O. The topological polar surface area (TPSA) is 271 Å². The van der Waals surface area contributed by atoms with Crippen LogP contribution in [-0.2, 0) is 57.0 Å². The lowest BCUT2D eigenvalue weighted by Gasteiger charge is -2.27. The summed E-state index contributed by atoms with van der Waals surface area (Å²) in [6, 6.07) is 3.29. The highest BCUT2D eigenvalue weighted by atomic mass is 16.6. The summed E-state index contributed by atoms with van der Waals surface area (Å²) in [5, 5.41) is 24.8. The van der Waals surface area contributed by atoms with Crippen LogP contribution in [0.25, 0.3) is 0 Å². The Morgan fingerprint density at radius 3 is 1.69 bits per heavy atom. The summed E-state index contributed by atoms with van der Waals surface area (Å²) in [7, 11) is 0. The van der Waals surface area contributed by atoms with Crippen molar-refractivity contribution in [1.82, 2.24) is 15.5 Å². The first-order valence-corrected chi connectivity index (χ1v) is 19.2. The van der Waals surface area contributed by atoms with E-state index in [0.717, 1.165) is 4.90 Å². The van der Waals surface area contributed by atoms with Crippen LogP contribution >= 0.6 is 0 Å². The Bertz CT molecular complexity index is 1390. The summed E-state index contributed by atoms with van der Waals surface area (Å²) in [5.41, 5.74) is 5.34. The van der Waals surface area contributed by atoms with Gasteiger partial charge in [0.15, 0.2) is 6.61 Å². The summed E-state index contributed by atoms with van der Waals surface area (Å²) in [4.78, 5) is 63.0. The quantitative estimate of drug-likeness (QED) is 0.0347. The van der Waals surface area contributed by atoms with Gasteiger partial charge in [0, 0.05) is 19.5 Å². The second kappa shape index (κ2) is 29.5. The van der Waals surface area contributed by atoms with Gasteiger partial charge in [0.1, 0.15) is 24.0 Å². The minimum absolute atomic E-state index is 0.00227. The van der Waals surface area contributed by atoms with E-state index in [1.165, 1.54) is 18.2 Å². The predicted molar refractivity (Wildman–Crippen MR) is 200 cm³/mol. The van der Waals surface area contributed by atoms with Gasteiger partial charge in [0.2, 0.25) is 11.8 Å². The fourth-order valence-corrected chi connectivity index (χ4v) is 5.31. The molecule has 2 heterocycles. The van der Waals surface area contributed by atoms with Crippen molar-refractivity contribution < 1.29 is 81.6 Å². The molecule has 2 aliphatic heterocycles. The predicted octanol–water partition coefficient (Wildman–Crippen LogP) is -2.59. The largest absolute Gasteiger partial charge is 0.483 e. The molecule has 3 atom stereocenters. The van der Waals surface area contributed by atoms with Gasteiger partial charge in [-0.15, -0.1) is 0 Å². The number of nitrogens with two attached hydrogens (primary N) is 1. The monoisotopic (exact) mass is 830 g/mol. The highest BCUT2D eigenvalue weighted by Gasteiger charge is 2.46. The Labute approximate surface area is 336 Å². The second-order valence-electron chi connectivity index (χ2n) is 12.6. The molecule has 1 aromatic rings. The Balaban J connectivity index is 1.06. The number of aliphatic hydroxyl groups excluding tert-OH is 2. The van der Waals surface area contributed by atoms with Gasteiger partial charge in [-0.2, -0.15) is 0 Å². The molecule has 2 aliphatic rings. The molecule has 1 aromatic carbocycles. The molecule has 0 aromatic heterocycles. The van der Waals surface area contributed by atoms with E-state index in [1.807, 2.05) is 0 Å². The summed E-state index contributed by atoms with van der Waals surface area (Å²) in [6.07, 6.45) is -2.17. The molecule has 3 rings (SSSR count). The molecule has 5 amide bonds. The molecule has 3 unspecified atom stereocenters. The minimum atomic E-state index is -1.11. The van der Waals surface area contributed by atoms with Gasteiger partial charge in [0.25, 0.3) is 17.7 Å². The average molecular weight is 831 g/mol. The number of fused-ring (bicyclic) bond motifs is 1. The van der Waals surface area contributed by atoms with Crippen LogP contribution in [-0.4, -0.2) is 202 Å². The van der Waals surface area contributed by atoms with Gasteiger partial charge in [-0.3, -0.25) is 34.2 Å². The third kappa shape index (κ3) is 18.5. The summed E-state index contributed by atoms with van der Waals surface area (Å²) >= 11 is 0. The average Bonchev–Trinajstić information content (AvgIpc) is 3.47.